The summed E-state index contributed by atoms with van der Waals surface area (Å²) in [5.74, 6) is -0.0298. The van der Waals surface area contributed by atoms with E-state index < -0.39 is 10.0 Å². The van der Waals surface area contributed by atoms with E-state index >= 15 is 0 Å². The molecule has 0 fully saturated rings. The maximum Gasteiger partial charge on any atom is 0.261 e. The van der Waals surface area contributed by atoms with E-state index in [0.717, 1.165) is 16.7 Å². The van der Waals surface area contributed by atoms with Crippen LogP contribution in [0.3, 0.4) is 0 Å². The molecule has 0 saturated heterocycles. The molecule has 0 spiro atoms. The molecule has 0 saturated carbocycles. The monoisotopic (exact) mass is 464 g/mol. The number of carbonyl (C=O) groups excluding carboxylic acids is 1. The molecule has 3 rings (SSSR count). The average Bonchev–Trinajstić information content (AvgIpc) is 2.76. The number of anilines is 1. The topological polar surface area (TPSA) is 75.3 Å². The van der Waals surface area contributed by atoms with Crippen molar-refractivity contribution in [2.45, 2.75) is 58.4 Å². The van der Waals surface area contributed by atoms with E-state index in [-0.39, 0.29) is 16.8 Å². The van der Waals surface area contributed by atoms with Crippen molar-refractivity contribution in [1.82, 2.24) is 5.32 Å². The fourth-order valence-corrected chi connectivity index (χ4v) is 4.83. The lowest BCUT2D eigenvalue weighted by Crippen LogP contribution is -2.27. The molecule has 0 aromatic heterocycles. The molecule has 5 nitrogen and oxygen atoms in total. The van der Waals surface area contributed by atoms with Gasteiger partial charge in [-0.2, -0.15) is 0 Å². The van der Waals surface area contributed by atoms with Crippen molar-refractivity contribution >= 4 is 21.6 Å². The van der Waals surface area contributed by atoms with E-state index in [0.29, 0.717) is 18.5 Å². The Hall–Kier alpha value is -3.12. The van der Waals surface area contributed by atoms with Crippen molar-refractivity contribution in [2.24, 2.45) is 0 Å². The first-order valence-electron chi connectivity index (χ1n) is 11.1. The summed E-state index contributed by atoms with van der Waals surface area (Å²) in [6, 6.07) is 18.1. The third-order valence-electron chi connectivity index (χ3n) is 5.90. The van der Waals surface area contributed by atoms with Crippen LogP contribution in [0.4, 0.5) is 5.69 Å². The number of hydrogen-bond acceptors (Lipinski definition) is 3. The summed E-state index contributed by atoms with van der Waals surface area (Å²) in [6.07, 6.45) is 0.873. The smallest absolute Gasteiger partial charge is 0.261 e. The van der Waals surface area contributed by atoms with E-state index in [1.165, 1.54) is 16.7 Å². The number of nitrogens with one attached hydrogen (secondary N) is 2. The van der Waals surface area contributed by atoms with Gasteiger partial charge in [-0.25, -0.2) is 8.42 Å². The van der Waals surface area contributed by atoms with Gasteiger partial charge >= 0.3 is 0 Å². The Balaban J connectivity index is 1.57. The molecule has 1 amide bonds. The molecule has 0 unspecified atom stereocenters. The van der Waals surface area contributed by atoms with Crippen LogP contribution in [0.2, 0.25) is 0 Å². The van der Waals surface area contributed by atoms with Crippen molar-refractivity contribution in [3.8, 4) is 0 Å². The molecule has 3 aromatic rings. The van der Waals surface area contributed by atoms with E-state index in [4.69, 9.17) is 0 Å². The molecule has 0 bridgehead atoms. The third kappa shape index (κ3) is 6.45. The third-order valence-corrected chi connectivity index (χ3v) is 7.30. The second-order valence-electron chi connectivity index (χ2n) is 8.70. The first-order chi connectivity index (χ1) is 15.5. The number of amides is 1. The lowest BCUT2D eigenvalue weighted by Gasteiger charge is -2.18. The van der Waals surface area contributed by atoms with Gasteiger partial charge in [0.05, 0.1) is 10.9 Å². The van der Waals surface area contributed by atoms with Crippen LogP contribution in [0.25, 0.3) is 0 Å². The predicted molar refractivity (Wildman–Crippen MR) is 134 cm³/mol. The van der Waals surface area contributed by atoms with Crippen molar-refractivity contribution in [3.05, 3.63) is 94.0 Å². The van der Waals surface area contributed by atoms with Gasteiger partial charge in [0.15, 0.2) is 0 Å². The zero-order chi connectivity index (χ0) is 24.2. The van der Waals surface area contributed by atoms with Crippen molar-refractivity contribution in [3.63, 3.8) is 0 Å². The highest BCUT2D eigenvalue weighted by Crippen LogP contribution is 2.22. The van der Waals surface area contributed by atoms with Gasteiger partial charge in [-0.3, -0.25) is 9.52 Å². The number of sulfonamides is 1. The number of benzene rings is 3. The van der Waals surface area contributed by atoms with Crippen molar-refractivity contribution in [2.75, 3.05) is 4.72 Å². The SMILES string of the molecule is Cc1ccc(NS(=O)(=O)c2ccc(CCC(=O)N[C@H](C)c3cc(C)c(C)cc3C)cc2)cc1. The molecular weight excluding hydrogens is 432 g/mol. The molecule has 33 heavy (non-hydrogen) atoms. The summed E-state index contributed by atoms with van der Waals surface area (Å²) in [7, 11) is -3.66. The molecule has 0 radical (unpaired) electrons. The standard InChI is InChI=1S/C27H32N2O3S/c1-18-6-11-24(12-7-18)29-33(31,32)25-13-8-23(9-14-25)10-15-27(30)28-22(5)26-17-20(3)19(2)16-21(26)4/h6-9,11-14,16-17,22,29H,10,15H2,1-5H3,(H,28,30)/t22-/m1/s1. The minimum Gasteiger partial charge on any atom is -0.350 e. The fourth-order valence-electron chi connectivity index (χ4n) is 3.77. The van der Waals surface area contributed by atoms with Crippen molar-refractivity contribution < 1.29 is 13.2 Å². The summed E-state index contributed by atoms with van der Waals surface area (Å²) < 4.78 is 27.8. The summed E-state index contributed by atoms with van der Waals surface area (Å²) in [6.45, 7) is 10.2. The second kappa shape index (κ2) is 10.2. The highest BCUT2D eigenvalue weighted by molar-refractivity contribution is 7.92. The van der Waals surface area contributed by atoms with Gasteiger partial charge < -0.3 is 5.32 Å². The lowest BCUT2D eigenvalue weighted by molar-refractivity contribution is -0.121. The highest BCUT2D eigenvalue weighted by atomic mass is 32.2. The minimum absolute atomic E-state index is 0.0298. The molecule has 1 atom stereocenters. The van der Waals surface area contributed by atoms with Crippen molar-refractivity contribution in [1.29, 1.82) is 0 Å². The van der Waals surface area contributed by atoms with Gasteiger partial charge in [-0.1, -0.05) is 42.0 Å². The Morgan fingerprint density at radius 1 is 0.848 bits per heavy atom. The Labute approximate surface area is 197 Å². The van der Waals surface area contributed by atoms with E-state index in [1.54, 1.807) is 36.4 Å². The van der Waals surface area contributed by atoms with E-state index in [2.05, 4.69) is 42.9 Å². The Bertz CT molecular complexity index is 1230. The molecule has 6 heteroatoms. The zero-order valence-electron chi connectivity index (χ0n) is 19.9. The molecule has 0 aliphatic rings. The molecular formula is C27H32N2O3S. The number of rotatable bonds is 8. The highest BCUT2D eigenvalue weighted by Gasteiger charge is 2.15. The summed E-state index contributed by atoms with van der Waals surface area (Å²) in [5, 5.41) is 3.08. The minimum atomic E-state index is -3.66. The van der Waals surface area contributed by atoms with E-state index in [1.807, 2.05) is 26.0 Å². The summed E-state index contributed by atoms with van der Waals surface area (Å²) in [4.78, 5) is 12.7. The second-order valence-corrected chi connectivity index (χ2v) is 10.4. The quantitative estimate of drug-likeness (QED) is 0.460. The van der Waals surface area contributed by atoms with Gasteiger partial charge in [-0.05, 0) is 93.1 Å². The Morgan fingerprint density at radius 3 is 2.09 bits per heavy atom. The summed E-state index contributed by atoms with van der Waals surface area (Å²) in [5.41, 5.74) is 7.25. The predicted octanol–water partition coefficient (Wildman–Crippen LogP) is 5.53. The molecule has 0 aliphatic heterocycles. The number of hydrogen-bond donors (Lipinski definition) is 2. The van der Waals surface area contributed by atoms with Gasteiger partial charge in [0.1, 0.15) is 0 Å². The maximum absolute atomic E-state index is 12.6. The number of carbonyl (C=O) groups is 1. The van der Waals surface area contributed by atoms with Crippen LogP contribution in [0.15, 0.2) is 65.6 Å². The van der Waals surface area contributed by atoms with Crippen LogP contribution in [-0.4, -0.2) is 14.3 Å². The molecule has 0 aliphatic carbocycles. The van der Waals surface area contributed by atoms with Gasteiger partial charge in [-0.15, -0.1) is 0 Å². The fraction of sp³-hybridized carbons (Fsp3) is 0.296. The Kier molecular flexibility index (Phi) is 7.59. The molecule has 174 valence electrons. The lowest BCUT2D eigenvalue weighted by atomic mass is 9.96. The first-order valence-corrected chi connectivity index (χ1v) is 12.6. The van der Waals surface area contributed by atoms with Gasteiger partial charge in [0.2, 0.25) is 5.91 Å². The Morgan fingerprint density at radius 2 is 1.45 bits per heavy atom. The largest absolute Gasteiger partial charge is 0.350 e. The summed E-state index contributed by atoms with van der Waals surface area (Å²) >= 11 is 0. The van der Waals surface area contributed by atoms with Crippen LogP contribution < -0.4 is 10.0 Å². The van der Waals surface area contributed by atoms with Crippen LogP contribution in [0.5, 0.6) is 0 Å². The van der Waals surface area contributed by atoms with Gasteiger partial charge in [0.25, 0.3) is 10.0 Å². The van der Waals surface area contributed by atoms with Crippen LogP contribution in [0.1, 0.15) is 52.8 Å². The number of aryl methyl sites for hydroxylation is 5. The van der Waals surface area contributed by atoms with Gasteiger partial charge in [0, 0.05) is 12.1 Å². The average molecular weight is 465 g/mol. The van der Waals surface area contributed by atoms with E-state index in [9.17, 15) is 13.2 Å². The molecule has 3 aromatic carbocycles. The molecule has 2 N–H and O–H groups in total. The zero-order valence-corrected chi connectivity index (χ0v) is 20.7. The van der Waals surface area contributed by atoms with Crippen LogP contribution >= 0.6 is 0 Å². The normalized spacial score (nSPS) is 12.3. The maximum atomic E-state index is 12.6. The molecule has 0 heterocycles. The van der Waals surface area contributed by atoms with Crippen LogP contribution in [-0.2, 0) is 21.2 Å². The van der Waals surface area contributed by atoms with Crippen LogP contribution in [0, 0.1) is 27.7 Å². The first kappa shape index (κ1) is 24.5.